The fraction of sp³-hybridized carbons (Fsp3) is 0.200. The van der Waals surface area contributed by atoms with E-state index >= 15 is 0 Å². The predicted octanol–water partition coefficient (Wildman–Crippen LogP) is 4.82. The molecule has 1 saturated heterocycles. The number of morpholine rings is 1. The van der Waals surface area contributed by atoms with Crippen LogP contribution in [0.3, 0.4) is 0 Å². The van der Waals surface area contributed by atoms with Gasteiger partial charge in [0.2, 0.25) is 0 Å². The van der Waals surface area contributed by atoms with Crippen LogP contribution in [0.25, 0.3) is 21.3 Å². The highest BCUT2D eigenvalue weighted by atomic mass is 32.1. The summed E-state index contributed by atoms with van der Waals surface area (Å²) < 4.78 is 12.3. The van der Waals surface area contributed by atoms with Crippen molar-refractivity contribution in [1.29, 1.82) is 0 Å². The molecule has 32 heavy (non-hydrogen) atoms. The Morgan fingerprint density at radius 3 is 2.66 bits per heavy atom. The van der Waals surface area contributed by atoms with Crippen LogP contribution in [0.15, 0.2) is 72.8 Å². The summed E-state index contributed by atoms with van der Waals surface area (Å²) in [6.45, 7) is 3.09. The largest absolute Gasteiger partial charge is 0.483 e. The number of ether oxygens (including phenoxy) is 2. The fourth-order valence-electron chi connectivity index (χ4n) is 3.67. The molecule has 0 saturated carbocycles. The van der Waals surface area contributed by atoms with E-state index in [1.807, 2.05) is 72.8 Å². The number of thiazole rings is 1. The molecule has 2 heterocycles. The van der Waals surface area contributed by atoms with Crippen LogP contribution in [0.1, 0.15) is 0 Å². The molecule has 4 aromatic rings. The Balaban J connectivity index is 1.25. The van der Waals surface area contributed by atoms with Crippen molar-refractivity contribution in [2.75, 3.05) is 43.1 Å². The minimum atomic E-state index is -0.204. The van der Waals surface area contributed by atoms with Gasteiger partial charge in [-0.05, 0) is 29.8 Å². The van der Waals surface area contributed by atoms with Gasteiger partial charge < -0.3 is 19.7 Å². The van der Waals surface area contributed by atoms with Crippen molar-refractivity contribution in [2.45, 2.75) is 0 Å². The summed E-state index contributed by atoms with van der Waals surface area (Å²) in [5.41, 5.74) is 3.68. The summed E-state index contributed by atoms with van der Waals surface area (Å²) in [5.74, 6) is 0.479. The molecular weight excluding hydrogens is 422 g/mol. The van der Waals surface area contributed by atoms with Crippen LogP contribution >= 0.6 is 11.3 Å². The van der Waals surface area contributed by atoms with Crippen molar-refractivity contribution < 1.29 is 14.3 Å². The summed E-state index contributed by atoms with van der Waals surface area (Å²) in [5, 5.41) is 3.93. The zero-order valence-electron chi connectivity index (χ0n) is 17.5. The van der Waals surface area contributed by atoms with Crippen molar-refractivity contribution in [2.24, 2.45) is 0 Å². The average molecular weight is 446 g/mol. The Labute approximate surface area is 190 Å². The van der Waals surface area contributed by atoms with E-state index < -0.39 is 0 Å². The lowest BCUT2D eigenvalue weighted by molar-refractivity contribution is -0.118. The highest BCUT2D eigenvalue weighted by molar-refractivity contribution is 7.22. The van der Waals surface area contributed by atoms with E-state index in [0.29, 0.717) is 5.75 Å². The molecule has 1 aliphatic heterocycles. The van der Waals surface area contributed by atoms with E-state index in [2.05, 4.69) is 10.2 Å². The Bertz CT molecular complexity index is 1220. The number of hydrogen-bond acceptors (Lipinski definition) is 6. The SMILES string of the molecule is O=C(COc1ccccc1-c1ccccc1)Nc1ccc2nc(N3CCOCC3)sc2c1. The molecule has 7 heteroatoms. The summed E-state index contributed by atoms with van der Waals surface area (Å²) in [6.07, 6.45) is 0. The number of carbonyl (C=O) groups excluding carboxylic acids is 1. The second kappa shape index (κ2) is 9.38. The number of amides is 1. The third-order valence-electron chi connectivity index (χ3n) is 5.27. The molecule has 1 amide bonds. The number of rotatable bonds is 6. The van der Waals surface area contributed by atoms with E-state index in [0.717, 1.165) is 58.5 Å². The zero-order valence-corrected chi connectivity index (χ0v) is 18.3. The number of nitrogens with zero attached hydrogens (tertiary/aromatic N) is 2. The van der Waals surface area contributed by atoms with Crippen LogP contribution < -0.4 is 15.0 Å². The first kappa shape index (κ1) is 20.5. The van der Waals surface area contributed by atoms with Crippen LogP contribution in [0.4, 0.5) is 10.8 Å². The van der Waals surface area contributed by atoms with Crippen molar-refractivity contribution in [1.82, 2.24) is 4.98 Å². The molecular formula is C25H23N3O3S. The van der Waals surface area contributed by atoms with Gasteiger partial charge in [0.15, 0.2) is 11.7 Å². The predicted molar refractivity (Wildman–Crippen MR) is 129 cm³/mol. The van der Waals surface area contributed by atoms with E-state index in [9.17, 15) is 4.79 Å². The average Bonchev–Trinajstić information content (AvgIpc) is 3.28. The molecule has 0 spiro atoms. The minimum Gasteiger partial charge on any atom is -0.483 e. The maximum absolute atomic E-state index is 12.6. The maximum Gasteiger partial charge on any atom is 0.262 e. The van der Waals surface area contributed by atoms with Crippen molar-refractivity contribution in [3.8, 4) is 16.9 Å². The summed E-state index contributed by atoms with van der Waals surface area (Å²) >= 11 is 1.63. The number of nitrogens with one attached hydrogen (secondary N) is 1. The second-order valence-electron chi connectivity index (χ2n) is 7.48. The standard InChI is InChI=1S/C25H23N3O3S/c29-24(17-31-22-9-5-4-8-20(22)18-6-2-1-3-7-18)26-19-10-11-21-23(16-19)32-25(27-21)28-12-14-30-15-13-28/h1-11,16H,12-15,17H2,(H,26,29). The first-order chi connectivity index (χ1) is 15.8. The molecule has 6 nitrogen and oxygen atoms in total. The number of carbonyl (C=O) groups is 1. The van der Waals surface area contributed by atoms with Gasteiger partial charge in [0.05, 0.1) is 23.4 Å². The molecule has 1 N–H and O–H groups in total. The zero-order chi connectivity index (χ0) is 21.8. The van der Waals surface area contributed by atoms with Crippen LogP contribution in [-0.4, -0.2) is 43.8 Å². The van der Waals surface area contributed by atoms with E-state index in [-0.39, 0.29) is 12.5 Å². The summed E-state index contributed by atoms with van der Waals surface area (Å²) in [4.78, 5) is 19.5. The molecule has 162 valence electrons. The number of hydrogen-bond donors (Lipinski definition) is 1. The first-order valence-electron chi connectivity index (χ1n) is 10.6. The van der Waals surface area contributed by atoms with Gasteiger partial charge in [-0.25, -0.2) is 4.98 Å². The number of aromatic nitrogens is 1. The Morgan fingerprint density at radius 2 is 1.81 bits per heavy atom. The van der Waals surface area contributed by atoms with E-state index in [1.54, 1.807) is 11.3 Å². The molecule has 0 atom stereocenters. The van der Waals surface area contributed by atoms with Gasteiger partial charge >= 0.3 is 0 Å². The van der Waals surface area contributed by atoms with E-state index in [1.165, 1.54) is 0 Å². The van der Waals surface area contributed by atoms with Gasteiger partial charge in [0.25, 0.3) is 5.91 Å². The monoisotopic (exact) mass is 445 g/mol. The summed E-state index contributed by atoms with van der Waals surface area (Å²) in [7, 11) is 0. The fourth-order valence-corrected chi connectivity index (χ4v) is 4.73. The van der Waals surface area contributed by atoms with Gasteiger partial charge in [0.1, 0.15) is 5.75 Å². The molecule has 0 aliphatic carbocycles. The third kappa shape index (κ3) is 4.59. The molecule has 1 fully saturated rings. The molecule has 1 aromatic heterocycles. The van der Waals surface area contributed by atoms with Gasteiger partial charge in [-0.3, -0.25) is 4.79 Å². The molecule has 5 rings (SSSR count). The van der Waals surface area contributed by atoms with Gasteiger partial charge in [-0.15, -0.1) is 0 Å². The van der Waals surface area contributed by atoms with Crippen molar-refractivity contribution >= 4 is 38.3 Å². The van der Waals surface area contributed by atoms with Crippen molar-refractivity contribution in [3.05, 3.63) is 72.8 Å². The molecule has 1 aliphatic rings. The number of benzene rings is 3. The lowest BCUT2D eigenvalue weighted by atomic mass is 10.1. The van der Waals surface area contributed by atoms with Crippen LogP contribution in [0, 0.1) is 0 Å². The molecule has 0 bridgehead atoms. The molecule has 0 radical (unpaired) electrons. The summed E-state index contributed by atoms with van der Waals surface area (Å²) in [6, 6.07) is 23.5. The Morgan fingerprint density at radius 1 is 1.03 bits per heavy atom. The number of fused-ring (bicyclic) bond motifs is 1. The maximum atomic E-state index is 12.6. The van der Waals surface area contributed by atoms with Crippen LogP contribution in [0.2, 0.25) is 0 Å². The first-order valence-corrected chi connectivity index (χ1v) is 11.4. The van der Waals surface area contributed by atoms with Crippen LogP contribution in [-0.2, 0) is 9.53 Å². The van der Waals surface area contributed by atoms with E-state index in [4.69, 9.17) is 14.5 Å². The van der Waals surface area contributed by atoms with Gasteiger partial charge in [-0.1, -0.05) is 59.9 Å². The highest BCUT2D eigenvalue weighted by Crippen LogP contribution is 2.32. The minimum absolute atomic E-state index is 0.0659. The normalized spacial score (nSPS) is 13.8. The van der Waals surface area contributed by atoms with Gasteiger partial charge in [-0.2, -0.15) is 0 Å². The van der Waals surface area contributed by atoms with Gasteiger partial charge in [0, 0.05) is 24.3 Å². The topological polar surface area (TPSA) is 63.7 Å². The third-order valence-corrected chi connectivity index (χ3v) is 6.35. The Hall–Kier alpha value is -3.42. The molecule has 0 unspecified atom stereocenters. The number of anilines is 2. The Kier molecular flexibility index (Phi) is 6.00. The highest BCUT2D eigenvalue weighted by Gasteiger charge is 2.16. The quantitative estimate of drug-likeness (QED) is 0.461. The lowest BCUT2D eigenvalue weighted by Gasteiger charge is -2.25. The molecule has 3 aromatic carbocycles. The second-order valence-corrected chi connectivity index (χ2v) is 8.49. The lowest BCUT2D eigenvalue weighted by Crippen LogP contribution is -2.36. The van der Waals surface area contributed by atoms with Crippen molar-refractivity contribution in [3.63, 3.8) is 0 Å². The van der Waals surface area contributed by atoms with Crippen LogP contribution in [0.5, 0.6) is 5.75 Å². The number of para-hydroxylation sites is 1. The smallest absolute Gasteiger partial charge is 0.262 e.